The fourth-order valence-corrected chi connectivity index (χ4v) is 2.46. The number of hydrogen-bond acceptors (Lipinski definition) is 2. The van der Waals surface area contributed by atoms with Crippen molar-refractivity contribution in [3.63, 3.8) is 0 Å². The highest BCUT2D eigenvalue weighted by Gasteiger charge is 2.21. The quantitative estimate of drug-likeness (QED) is 0.547. The van der Waals surface area contributed by atoms with Crippen molar-refractivity contribution in [1.82, 2.24) is 4.90 Å². The first-order chi connectivity index (χ1) is 11.1. The lowest BCUT2D eigenvalue weighted by molar-refractivity contribution is 0.129. The van der Waals surface area contributed by atoms with Crippen LogP contribution in [-0.4, -0.2) is 18.1 Å². The van der Waals surface area contributed by atoms with Gasteiger partial charge in [-0.3, -0.25) is 0 Å². The Morgan fingerprint density at radius 2 is 2.04 bits per heavy atom. The molecule has 0 N–H and O–H groups in total. The van der Waals surface area contributed by atoms with Crippen molar-refractivity contribution in [3.05, 3.63) is 84.9 Å². The predicted octanol–water partition coefficient (Wildman–Crippen LogP) is 5.52. The maximum atomic E-state index is 5.58. The van der Waals surface area contributed by atoms with Crippen LogP contribution >= 0.6 is 0 Å². The summed E-state index contributed by atoms with van der Waals surface area (Å²) in [6.45, 7) is 14.0. The Morgan fingerprint density at radius 3 is 2.52 bits per heavy atom. The average Bonchev–Trinajstić information content (AvgIpc) is 2.55. The van der Waals surface area contributed by atoms with Crippen molar-refractivity contribution in [2.24, 2.45) is 5.92 Å². The van der Waals surface area contributed by atoms with Gasteiger partial charge in [-0.05, 0) is 50.5 Å². The van der Waals surface area contributed by atoms with Crippen LogP contribution < -0.4 is 0 Å². The number of methoxy groups -OCH3 is 1. The van der Waals surface area contributed by atoms with Crippen molar-refractivity contribution in [1.29, 1.82) is 0 Å². The van der Waals surface area contributed by atoms with Crippen LogP contribution in [0.5, 0.6) is 0 Å². The van der Waals surface area contributed by atoms with Crippen LogP contribution in [0.2, 0.25) is 0 Å². The average molecular weight is 311 g/mol. The maximum absolute atomic E-state index is 5.58. The van der Waals surface area contributed by atoms with Crippen molar-refractivity contribution < 1.29 is 4.74 Å². The van der Waals surface area contributed by atoms with Crippen molar-refractivity contribution in [3.8, 4) is 0 Å². The summed E-state index contributed by atoms with van der Waals surface area (Å²) in [5.41, 5.74) is 3.23. The highest BCUT2D eigenvalue weighted by Crippen LogP contribution is 2.29. The minimum Gasteiger partial charge on any atom is -0.376 e. The highest BCUT2D eigenvalue weighted by molar-refractivity contribution is 5.39. The monoisotopic (exact) mass is 311 g/mol. The molecule has 23 heavy (non-hydrogen) atoms. The van der Waals surface area contributed by atoms with E-state index in [4.69, 9.17) is 4.74 Å². The predicted molar refractivity (Wildman–Crippen MR) is 101 cm³/mol. The zero-order chi connectivity index (χ0) is 17.2. The summed E-state index contributed by atoms with van der Waals surface area (Å²) >= 11 is 0. The molecule has 0 aromatic rings. The molecular formula is C21H29NO. The zero-order valence-electron chi connectivity index (χ0n) is 14.8. The molecule has 1 aliphatic rings. The third kappa shape index (κ3) is 5.26. The van der Waals surface area contributed by atoms with Gasteiger partial charge < -0.3 is 9.64 Å². The molecule has 0 aromatic heterocycles. The molecule has 1 rings (SSSR count). The van der Waals surface area contributed by atoms with Gasteiger partial charge in [0.2, 0.25) is 0 Å². The van der Waals surface area contributed by atoms with E-state index in [0.29, 0.717) is 5.92 Å². The van der Waals surface area contributed by atoms with Gasteiger partial charge in [0.15, 0.2) is 0 Å². The van der Waals surface area contributed by atoms with E-state index in [-0.39, 0.29) is 6.10 Å². The molecule has 0 bridgehead atoms. The van der Waals surface area contributed by atoms with Crippen LogP contribution in [0.25, 0.3) is 0 Å². The number of allylic oxidation sites excluding steroid dienone is 9. The van der Waals surface area contributed by atoms with Gasteiger partial charge in [0, 0.05) is 18.5 Å². The van der Waals surface area contributed by atoms with E-state index in [2.05, 4.69) is 49.3 Å². The van der Waals surface area contributed by atoms with E-state index >= 15 is 0 Å². The number of rotatable bonds is 8. The van der Waals surface area contributed by atoms with Crippen molar-refractivity contribution in [2.75, 3.05) is 7.11 Å². The Hall–Kier alpha value is -2.06. The lowest BCUT2D eigenvalue weighted by Gasteiger charge is -2.33. The summed E-state index contributed by atoms with van der Waals surface area (Å²) in [4.78, 5) is 2.21. The van der Waals surface area contributed by atoms with Gasteiger partial charge in [-0.15, -0.1) is 0 Å². The van der Waals surface area contributed by atoms with E-state index in [0.717, 1.165) is 23.5 Å². The largest absolute Gasteiger partial charge is 0.376 e. The van der Waals surface area contributed by atoms with Crippen LogP contribution in [0, 0.1) is 5.92 Å². The van der Waals surface area contributed by atoms with E-state index in [1.54, 1.807) is 19.3 Å². The summed E-state index contributed by atoms with van der Waals surface area (Å²) < 4.78 is 5.58. The molecule has 0 aromatic carbocycles. The lowest BCUT2D eigenvalue weighted by atomic mass is 10.00. The van der Waals surface area contributed by atoms with E-state index in [9.17, 15) is 0 Å². The van der Waals surface area contributed by atoms with Crippen LogP contribution in [0.1, 0.15) is 27.2 Å². The molecule has 0 spiro atoms. The fourth-order valence-electron chi connectivity index (χ4n) is 2.46. The van der Waals surface area contributed by atoms with E-state index < -0.39 is 0 Å². The number of hydrogen-bond donors (Lipinski definition) is 0. The first kappa shape index (κ1) is 19.0. The molecule has 0 radical (unpaired) electrons. The molecule has 2 unspecified atom stereocenters. The summed E-state index contributed by atoms with van der Waals surface area (Å²) in [6, 6.07) is 0. The second-order valence-corrected chi connectivity index (χ2v) is 5.57. The fraction of sp³-hybridized carbons (Fsp3) is 0.333. The molecule has 2 nitrogen and oxygen atoms in total. The van der Waals surface area contributed by atoms with Crippen LogP contribution in [0.4, 0.5) is 0 Å². The third-order valence-corrected chi connectivity index (χ3v) is 3.75. The first-order valence-corrected chi connectivity index (χ1v) is 8.08. The summed E-state index contributed by atoms with van der Waals surface area (Å²) in [6.07, 6.45) is 19.4. The summed E-state index contributed by atoms with van der Waals surface area (Å²) in [7, 11) is 1.72. The molecular weight excluding hydrogens is 282 g/mol. The minimum absolute atomic E-state index is 0.0554. The van der Waals surface area contributed by atoms with Gasteiger partial charge in [0.1, 0.15) is 0 Å². The Morgan fingerprint density at radius 1 is 1.35 bits per heavy atom. The number of ether oxygens (including phenoxy) is 1. The molecule has 0 saturated heterocycles. The Bertz CT molecular complexity index is 560. The third-order valence-electron chi connectivity index (χ3n) is 3.75. The Balaban J connectivity index is 3.43. The smallest absolute Gasteiger partial charge is 0.0946 e. The first-order valence-electron chi connectivity index (χ1n) is 8.08. The van der Waals surface area contributed by atoms with Gasteiger partial charge in [-0.1, -0.05) is 50.5 Å². The molecule has 0 heterocycles. The highest BCUT2D eigenvalue weighted by atomic mass is 16.5. The zero-order valence-corrected chi connectivity index (χ0v) is 14.8. The normalized spacial score (nSPS) is 20.3. The van der Waals surface area contributed by atoms with Gasteiger partial charge in [-0.2, -0.15) is 0 Å². The van der Waals surface area contributed by atoms with Gasteiger partial charge in [0.05, 0.1) is 11.8 Å². The standard InChI is InChI=1S/C21H29NO/c1-7-10-19(11-8-2)22(20-15-13-17(4)14-16-20)21(12-9-3)18(5)23-6/h7-13,15-18H,1,3,14H2,2,4-6H3/b11-8-,19-10+,21-12+. The molecule has 124 valence electrons. The molecule has 1 aliphatic carbocycles. The summed E-state index contributed by atoms with van der Waals surface area (Å²) in [5.74, 6) is 0.570. The minimum atomic E-state index is -0.0554. The van der Waals surface area contributed by atoms with Crippen LogP contribution in [-0.2, 0) is 4.74 Å². The van der Waals surface area contributed by atoms with E-state index in [1.165, 1.54) is 0 Å². The van der Waals surface area contributed by atoms with Gasteiger partial charge in [-0.25, -0.2) is 0 Å². The molecule has 2 heteroatoms. The van der Waals surface area contributed by atoms with Crippen molar-refractivity contribution in [2.45, 2.75) is 33.3 Å². The summed E-state index contributed by atoms with van der Waals surface area (Å²) in [5, 5.41) is 0. The molecule has 0 aliphatic heterocycles. The maximum Gasteiger partial charge on any atom is 0.0946 e. The molecule has 0 fully saturated rings. The second kappa shape index (κ2) is 9.86. The Labute approximate surface area is 141 Å². The SMILES string of the molecule is C=C/C=C(\C=C/C)N(C1=CCC(C)C=C1)/C(=C/C=C)C(C)OC. The van der Waals surface area contributed by atoms with Crippen LogP contribution in [0.3, 0.4) is 0 Å². The molecule has 0 saturated carbocycles. The number of nitrogens with zero attached hydrogens (tertiary/aromatic N) is 1. The second-order valence-electron chi connectivity index (χ2n) is 5.57. The van der Waals surface area contributed by atoms with Crippen molar-refractivity contribution >= 4 is 0 Å². The van der Waals surface area contributed by atoms with Gasteiger partial charge in [0.25, 0.3) is 0 Å². The Kier molecular flexibility index (Phi) is 8.14. The van der Waals surface area contributed by atoms with E-state index in [1.807, 2.05) is 32.1 Å². The van der Waals surface area contributed by atoms with Crippen LogP contribution in [0.15, 0.2) is 84.9 Å². The topological polar surface area (TPSA) is 12.5 Å². The van der Waals surface area contributed by atoms with Gasteiger partial charge >= 0.3 is 0 Å². The lowest BCUT2D eigenvalue weighted by Crippen LogP contribution is -2.28. The molecule has 2 atom stereocenters. The molecule has 0 amide bonds.